The lowest BCUT2D eigenvalue weighted by Crippen LogP contribution is -2.20. The van der Waals surface area contributed by atoms with Crippen LogP contribution in [0.3, 0.4) is 0 Å². The molecule has 7 nitrogen and oxygen atoms in total. The van der Waals surface area contributed by atoms with Crippen LogP contribution in [-0.4, -0.2) is 43.0 Å². The summed E-state index contributed by atoms with van der Waals surface area (Å²) in [5, 5.41) is 16.9. The van der Waals surface area contributed by atoms with E-state index in [-0.39, 0.29) is 18.6 Å². The molecular weight excluding hydrogens is 298 g/mol. The highest BCUT2D eigenvalue weighted by Crippen LogP contribution is 2.54. The van der Waals surface area contributed by atoms with Gasteiger partial charge in [-0.15, -0.1) is 0 Å². The molecule has 0 unspecified atom stereocenters. The Balaban J connectivity index is 0. The molecule has 0 radical (unpaired) electrons. The Hall–Kier alpha value is 1.02. The summed E-state index contributed by atoms with van der Waals surface area (Å²) in [7, 11) is 0. The van der Waals surface area contributed by atoms with Gasteiger partial charge >= 0.3 is 13.4 Å². The first kappa shape index (κ1) is 19.4. The van der Waals surface area contributed by atoms with Crippen molar-refractivity contribution in [2.45, 2.75) is 13.8 Å². The van der Waals surface area contributed by atoms with E-state index in [1.807, 2.05) is 0 Å². The third kappa shape index (κ3) is 17.4. The van der Waals surface area contributed by atoms with E-state index >= 15 is 0 Å². The Morgan fingerprint density at radius 3 is 1.19 bits per heavy atom. The molecule has 0 bridgehead atoms. The molecule has 0 fully saturated rings. The molecule has 0 aliphatic carbocycles. The van der Waals surface area contributed by atoms with E-state index in [0.717, 1.165) is 0 Å². The lowest BCUT2D eigenvalue weighted by Gasteiger charge is -2.16. The van der Waals surface area contributed by atoms with Gasteiger partial charge in [0.05, 0.1) is 13.2 Å². The van der Waals surface area contributed by atoms with E-state index in [4.69, 9.17) is 29.8 Å². The van der Waals surface area contributed by atoms with Gasteiger partial charge in [-0.3, -0.25) is 0 Å². The lowest BCUT2D eigenvalue weighted by atomic mass is 9.97. The van der Waals surface area contributed by atoms with Crippen molar-refractivity contribution >= 4 is 37.1 Å². The van der Waals surface area contributed by atoms with Gasteiger partial charge in [-0.1, -0.05) is 13.8 Å². The van der Waals surface area contributed by atoms with Crippen LogP contribution in [0.1, 0.15) is 13.8 Å². The molecular formula is C5H16O7P2S2. The van der Waals surface area contributed by atoms with Crippen molar-refractivity contribution in [1.82, 2.24) is 0 Å². The monoisotopic (exact) mass is 314 g/mol. The number of rotatable bonds is 4. The highest BCUT2D eigenvalue weighted by atomic mass is 32.5. The molecule has 6 N–H and O–H groups in total. The van der Waals surface area contributed by atoms with Gasteiger partial charge in [-0.05, 0) is 23.6 Å². The van der Waals surface area contributed by atoms with E-state index in [9.17, 15) is 0 Å². The standard InChI is InChI=1S/C5H12O2.H4O5P2S2/c1-5(2,3-6)4-7;1-6(2,8)5-7(3,4)9/h6-7H,3-4H2,1-2H3;(H2,1,2,8)(H2,3,4,9). The molecule has 0 aliphatic rings. The summed E-state index contributed by atoms with van der Waals surface area (Å²) in [5.41, 5.74) is -0.306. The minimum Gasteiger partial charge on any atom is -0.396 e. The predicted molar refractivity (Wildman–Crippen MR) is 66.5 cm³/mol. The first-order chi connectivity index (χ1) is 6.83. The summed E-state index contributed by atoms with van der Waals surface area (Å²) in [5.74, 6) is 0. The largest absolute Gasteiger partial charge is 0.396 e. The van der Waals surface area contributed by atoms with E-state index < -0.39 is 13.4 Å². The summed E-state index contributed by atoms with van der Waals surface area (Å²) in [6.45, 7) is -4.33. The van der Waals surface area contributed by atoms with Crippen LogP contribution in [0, 0.1) is 5.41 Å². The van der Waals surface area contributed by atoms with Crippen LogP contribution in [0.4, 0.5) is 0 Å². The maximum absolute atomic E-state index is 8.43. The van der Waals surface area contributed by atoms with E-state index in [2.05, 4.69) is 27.9 Å². The van der Waals surface area contributed by atoms with Gasteiger partial charge in [0.15, 0.2) is 0 Å². The Labute approximate surface area is 104 Å². The van der Waals surface area contributed by atoms with Gasteiger partial charge in [0.25, 0.3) is 0 Å². The molecule has 0 amide bonds. The summed E-state index contributed by atoms with van der Waals surface area (Å²) in [4.78, 5) is 33.0. The molecule has 0 heterocycles. The molecule has 0 saturated carbocycles. The van der Waals surface area contributed by atoms with Crippen LogP contribution < -0.4 is 0 Å². The van der Waals surface area contributed by atoms with Gasteiger partial charge in [-0.2, -0.15) is 0 Å². The van der Waals surface area contributed by atoms with Crippen LogP contribution in [-0.2, 0) is 27.9 Å². The van der Waals surface area contributed by atoms with Gasteiger partial charge < -0.3 is 29.8 Å². The molecule has 100 valence electrons. The molecule has 0 atom stereocenters. The maximum Gasteiger partial charge on any atom is 0.329 e. The Morgan fingerprint density at radius 2 is 1.19 bits per heavy atom. The highest BCUT2D eigenvalue weighted by Gasteiger charge is 2.19. The molecule has 0 aromatic heterocycles. The smallest absolute Gasteiger partial charge is 0.329 e. The molecule has 11 heteroatoms. The fraction of sp³-hybridized carbons (Fsp3) is 1.00. The number of aliphatic hydroxyl groups is 2. The van der Waals surface area contributed by atoms with Crippen molar-refractivity contribution in [3.63, 3.8) is 0 Å². The zero-order chi connectivity index (χ0) is 13.6. The predicted octanol–water partition coefficient (Wildman–Crippen LogP) is -0.582. The average Bonchev–Trinajstić information content (AvgIpc) is 1.99. The molecule has 0 rings (SSSR count). The second-order valence-corrected chi connectivity index (χ2v) is 9.01. The zero-order valence-electron chi connectivity index (χ0n) is 8.72. The van der Waals surface area contributed by atoms with Crippen molar-refractivity contribution in [2.24, 2.45) is 5.41 Å². The van der Waals surface area contributed by atoms with Crippen LogP contribution >= 0.6 is 13.4 Å². The van der Waals surface area contributed by atoms with Gasteiger partial charge in [0, 0.05) is 5.41 Å². The molecule has 0 saturated heterocycles. The van der Waals surface area contributed by atoms with Crippen LogP contribution in [0.5, 0.6) is 0 Å². The second kappa shape index (κ2) is 7.45. The van der Waals surface area contributed by atoms with Gasteiger partial charge in [0.1, 0.15) is 0 Å². The average molecular weight is 314 g/mol. The van der Waals surface area contributed by atoms with Crippen molar-refractivity contribution in [1.29, 1.82) is 0 Å². The lowest BCUT2D eigenvalue weighted by molar-refractivity contribution is 0.0857. The van der Waals surface area contributed by atoms with Crippen molar-refractivity contribution < 1.29 is 34.1 Å². The summed E-state index contributed by atoms with van der Waals surface area (Å²) in [6, 6.07) is 0. The summed E-state index contributed by atoms with van der Waals surface area (Å²) < 4.78 is 3.70. The minimum absolute atomic E-state index is 0.0451. The first-order valence-corrected chi connectivity index (χ1v) is 9.12. The van der Waals surface area contributed by atoms with E-state index in [0.29, 0.717) is 0 Å². The molecule has 0 spiro atoms. The van der Waals surface area contributed by atoms with E-state index in [1.165, 1.54) is 0 Å². The summed E-state index contributed by atoms with van der Waals surface area (Å²) in [6.07, 6.45) is 0. The SMILES string of the molecule is CC(C)(CO)CO.OP(O)(=S)OP(O)(O)=S. The molecule has 0 aromatic carbocycles. The Morgan fingerprint density at radius 1 is 0.938 bits per heavy atom. The first-order valence-electron chi connectivity index (χ1n) is 3.87. The quantitative estimate of drug-likeness (QED) is 0.377. The highest BCUT2D eigenvalue weighted by molar-refractivity contribution is 8.13. The van der Waals surface area contributed by atoms with E-state index in [1.54, 1.807) is 13.8 Å². The fourth-order valence-electron chi connectivity index (χ4n) is 0.189. The van der Waals surface area contributed by atoms with Crippen molar-refractivity contribution in [2.75, 3.05) is 13.2 Å². The fourth-order valence-corrected chi connectivity index (χ4v) is 3.35. The third-order valence-electron chi connectivity index (χ3n) is 1.07. The molecule has 0 aromatic rings. The summed E-state index contributed by atoms with van der Waals surface area (Å²) >= 11 is 7.75. The van der Waals surface area contributed by atoms with Crippen molar-refractivity contribution in [3.05, 3.63) is 0 Å². The van der Waals surface area contributed by atoms with Crippen molar-refractivity contribution in [3.8, 4) is 0 Å². The number of hydrogen-bond donors (Lipinski definition) is 6. The molecule has 0 aliphatic heterocycles. The third-order valence-corrected chi connectivity index (χ3v) is 3.97. The van der Waals surface area contributed by atoms with Crippen LogP contribution in [0.2, 0.25) is 0 Å². The second-order valence-electron chi connectivity index (χ2n) is 3.54. The number of hydrogen-bond acceptors (Lipinski definition) is 5. The van der Waals surface area contributed by atoms with Crippen LogP contribution in [0.25, 0.3) is 0 Å². The zero-order valence-corrected chi connectivity index (χ0v) is 12.1. The topological polar surface area (TPSA) is 131 Å². The number of aliphatic hydroxyl groups excluding tert-OH is 2. The van der Waals surface area contributed by atoms with Gasteiger partial charge in [-0.25, -0.2) is 4.31 Å². The normalized spacial score (nSPS) is 13.0. The molecule has 16 heavy (non-hydrogen) atoms. The Kier molecular flexibility index (Phi) is 9.02. The van der Waals surface area contributed by atoms with Crippen LogP contribution in [0.15, 0.2) is 0 Å². The maximum atomic E-state index is 8.43. The minimum atomic E-state index is -4.01. The Bertz CT molecular complexity index is 257. The van der Waals surface area contributed by atoms with Gasteiger partial charge in [0.2, 0.25) is 0 Å².